The third-order valence-corrected chi connectivity index (χ3v) is 3.67. The molecule has 0 N–H and O–H groups in total. The van der Waals surface area contributed by atoms with Gasteiger partial charge in [0, 0.05) is 36.9 Å². The maximum Gasteiger partial charge on any atom is 0.246 e. The third kappa shape index (κ3) is 4.19. The molecule has 2 aromatic rings. The van der Waals surface area contributed by atoms with Crippen LogP contribution < -0.4 is 4.74 Å². The van der Waals surface area contributed by atoms with E-state index in [1.807, 2.05) is 31.2 Å². The van der Waals surface area contributed by atoms with Crippen LogP contribution in [0.1, 0.15) is 18.1 Å². The van der Waals surface area contributed by atoms with Gasteiger partial charge in [-0.15, -0.1) is 0 Å². The molecule has 0 saturated carbocycles. The van der Waals surface area contributed by atoms with Crippen molar-refractivity contribution in [2.45, 2.75) is 13.5 Å². The first-order chi connectivity index (χ1) is 11.4. The second-order valence-electron chi connectivity index (χ2n) is 5.46. The number of halogens is 2. The van der Waals surface area contributed by atoms with Crippen LogP contribution in [-0.4, -0.2) is 25.0 Å². The van der Waals surface area contributed by atoms with E-state index in [2.05, 4.69) is 0 Å². The van der Waals surface area contributed by atoms with E-state index < -0.39 is 11.6 Å². The average Bonchev–Trinajstić information content (AvgIpc) is 2.57. The average molecular weight is 331 g/mol. The van der Waals surface area contributed by atoms with Gasteiger partial charge in [0.1, 0.15) is 17.4 Å². The number of amides is 1. The fourth-order valence-corrected chi connectivity index (χ4v) is 2.33. The quantitative estimate of drug-likeness (QED) is 0.774. The van der Waals surface area contributed by atoms with E-state index in [1.165, 1.54) is 23.1 Å². The smallest absolute Gasteiger partial charge is 0.246 e. The summed E-state index contributed by atoms with van der Waals surface area (Å²) in [6.07, 6.45) is 1.47. The normalized spacial score (nSPS) is 11.3. The minimum atomic E-state index is -0.667. The Morgan fingerprint density at radius 2 is 1.92 bits per heavy atom. The number of allylic oxidation sites excluding steroid dienone is 1. The number of carbonyl (C=O) groups excluding carboxylic acids is 1. The minimum absolute atomic E-state index is 0.0562. The summed E-state index contributed by atoms with van der Waals surface area (Å²) in [5.41, 5.74) is 1.81. The number of nitrogens with zero attached hydrogens (tertiary/aromatic N) is 1. The largest absolute Gasteiger partial charge is 0.496 e. The first-order valence-corrected chi connectivity index (χ1v) is 7.43. The summed E-state index contributed by atoms with van der Waals surface area (Å²) in [7, 11) is 3.13. The van der Waals surface area contributed by atoms with Crippen LogP contribution in [-0.2, 0) is 11.3 Å². The van der Waals surface area contributed by atoms with Crippen LogP contribution in [0, 0.1) is 11.6 Å². The standard InChI is InChI=1S/C19H19F2NO2/c1-13(16-6-4-5-7-18(16)24-3)10-19(23)22(2)12-14-8-9-15(20)11-17(14)21/h4-11H,12H2,1-3H3/b13-10+. The number of ether oxygens (including phenoxy) is 1. The molecule has 0 aliphatic carbocycles. The molecule has 5 heteroatoms. The molecule has 2 rings (SSSR count). The number of benzene rings is 2. The van der Waals surface area contributed by atoms with Gasteiger partial charge in [0.15, 0.2) is 0 Å². The highest BCUT2D eigenvalue weighted by Gasteiger charge is 2.12. The Bertz CT molecular complexity index is 772. The number of methoxy groups -OCH3 is 1. The third-order valence-electron chi connectivity index (χ3n) is 3.67. The van der Waals surface area contributed by atoms with Gasteiger partial charge in [-0.05, 0) is 24.6 Å². The highest BCUT2D eigenvalue weighted by molar-refractivity contribution is 5.95. The summed E-state index contributed by atoms with van der Waals surface area (Å²) in [5.74, 6) is -0.911. The summed E-state index contributed by atoms with van der Waals surface area (Å²) in [4.78, 5) is 13.7. The lowest BCUT2D eigenvalue weighted by atomic mass is 10.1. The van der Waals surface area contributed by atoms with Crippen molar-refractivity contribution in [3.8, 4) is 5.75 Å². The Kier molecular flexibility index (Phi) is 5.68. The lowest BCUT2D eigenvalue weighted by Gasteiger charge is -2.17. The molecule has 24 heavy (non-hydrogen) atoms. The van der Waals surface area contributed by atoms with Crippen LogP contribution in [0.4, 0.5) is 8.78 Å². The van der Waals surface area contributed by atoms with Gasteiger partial charge in [-0.3, -0.25) is 4.79 Å². The van der Waals surface area contributed by atoms with Crippen LogP contribution >= 0.6 is 0 Å². The molecule has 0 unspecified atom stereocenters. The van der Waals surface area contributed by atoms with E-state index in [0.717, 1.165) is 17.2 Å². The second kappa shape index (κ2) is 7.73. The highest BCUT2D eigenvalue weighted by atomic mass is 19.1. The van der Waals surface area contributed by atoms with Crippen molar-refractivity contribution in [1.29, 1.82) is 0 Å². The Morgan fingerprint density at radius 3 is 2.58 bits per heavy atom. The van der Waals surface area contributed by atoms with Crippen molar-refractivity contribution in [3.05, 3.63) is 71.3 Å². The van der Waals surface area contributed by atoms with Gasteiger partial charge in [0.05, 0.1) is 7.11 Å². The minimum Gasteiger partial charge on any atom is -0.496 e. The van der Waals surface area contributed by atoms with Crippen molar-refractivity contribution in [2.24, 2.45) is 0 Å². The van der Waals surface area contributed by atoms with E-state index in [0.29, 0.717) is 5.75 Å². The van der Waals surface area contributed by atoms with Crippen LogP contribution in [0.15, 0.2) is 48.5 Å². The summed E-state index contributed by atoms with van der Waals surface area (Å²) in [5, 5.41) is 0. The van der Waals surface area contributed by atoms with Gasteiger partial charge in [-0.1, -0.05) is 24.3 Å². The number of para-hydroxylation sites is 1. The molecule has 3 nitrogen and oxygen atoms in total. The topological polar surface area (TPSA) is 29.5 Å². The Labute approximate surface area is 140 Å². The molecular weight excluding hydrogens is 312 g/mol. The highest BCUT2D eigenvalue weighted by Crippen LogP contribution is 2.25. The summed E-state index contributed by atoms with van der Waals surface area (Å²) in [6, 6.07) is 10.7. The Hall–Kier alpha value is -2.69. The number of likely N-dealkylation sites (N-methyl/N-ethyl adjacent to an activating group) is 1. The predicted octanol–water partition coefficient (Wildman–Crippen LogP) is 4.04. The fourth-order valence-electron chi connectivity index (χ4n) is 2.33. The summed E-state index contributed by atoms with van der Waals surface area (Å²) < 4.78 is 31.9. The van der Waals surface area contributed by atoms with E-state index in [4.69, 9.17) is 4.74 Å². The number of rotatable bonds is 5. The maximum atomic E-state index is 13.7. The molecule has 2 aromatic carbocycles. The van der Waals surface area contributed by atoms with E-state index in [9.17, 15) is 13.6 Å². The van der Waals surface area contributed by atoms with Gasteiger partial charge in [0.2, 0.25) is 5.91 Å². The van der Waals surface area contributed by atoms with E-state index in [-0.39, 0.29) is 18.0 Å². The van der Waals surface area contributed by atoms with Crippen LogP contribution in [0.3, 0.4) is 0 Å². The monoisotopic (exact) mass is 331 g/mol. The van der Waals surface area contributed by atoms with E-state index >= 15 is 0 Å². The molecule has 0 spiro atoms. The van der Waals surface area contributed by atoms with Gasteiger partial charge < -0.3 is 9.64 Å². The summed E-state index contributed by atoms with van der Waals surface area (Å²) in [6.45, 7) is 1.86. The Morgan fingerprint density at radius 1 is 1.21 bits per heavy atom. The molecule has 1 amide bonds. The Balaban J connectivity index is 2.15. The SMILES string of the molecule is COc1ccccc1/C(C)=C/C(=O)N(C)Cc1ccc(F)cc1F. The zero-order valence-electron chi connectivity index (χ0n) is 13.8. The summed E-state index contributed by atoms with van der Waals surface area (Å²) >= 11 is 0. The van der Waals surface area contributed by atoms with Crippen molar-refractivity contribution >= 4 is 11.5 Å². The molecule has 0 atom stereocenters. The molecule has 0 heterocycles. The van der Waals surface area contributed by atoms with Gasteiger partial charge in [0.25, 0.3) is 0 Å². The predicted molar refractivity (Wildman–Crippen MR) is 89.5 cm³/mol. The second-order valence-corrected chi connectivity index (χ2v) is 5.46. The van der Waals surface area contributed by atoms with Crippen LogP contribution in [0.2, 0.25) is 0 Å². The van der Waals surface area contributed by atoms with E-state index in [1.54, 1.807) is 14.2 Å². The molecule has 0 saturated heterocycles. The van der Waals surface area contributed by atoms with Crippen molar-refractivity contribution in [1.82, 2.24) is 4.90 Å². The molecular formula is C19H19F2NO2. The zero-order chi connectivity index (χ0) is 17.7. The van der Waals surface area contributed by atoms with Crippen molar-refractivity contribution in [2.75, 3.05) is 14.2 Å². The lowest BCUT2D eigenvalue weighted by molar-refractivity contribution is -0.125. The molecule has 0 aliphatic rings. The molecule has 126 valence electrons. The van der Waals surface area contributed by atoms with Gasteiger partial charge in [-0.25, -0.2) is 8.78 Å². The number of hydrogen-bond acceptors (Lipinski definition) is 2. The zero-order valence-corrected chi connectivity index (χ0v) is 13.8. The fraction of sp³-hybridized carbons (Fsp3) is 0.211. The van der Waals surface area contributed by atoms with Crippen molar-refractivity contribution < 1.29 is 18.3 Å². The number of hydrogen-bond donors (Lipinski definition) is 0. The first kappa shape index (κ1) is 17.7. The van der Waals surface area contributed by atoms with Crippen molar-refractivity contribution in [3.63, 3.8) is 0 Å². The molecule has 0 fully saturated rings. The lowest BCUT2D eigenvalue weighted by Crippen LogP contribution is -2.25. The maximum absolute atomic E-state index is 13.7. The molecule has 0 aliphatic heterocycles. The van der Waals surface area contributed by atoms with Crippen LogP contribution in [0.25, 0.3) is 5.57 Å². The number of carbonyl (C=O) groups is 1. The molecule has 0 radical (unpaired) electrons. The van der Waals surface area contributed by atoms with Gasteiger partial charge >= 0.3 is 0 Å². The first-order valence-electron chi connectivity index (χ1n) is 7.43. The van der Waals surface area contributed by atoms with Crippen LogP contribution in [0.5, 0.6) is 5.75 Å². The molecule has 0 bridgehead atoms. The molecule has 0 aromatic heterocycles. The van der Waals surface area contributed by atoms with Gasteiger partial charge in [-0.2, -0.15) is 0 Å².